The average Bonchev–Trinajstić information content (AvgIpc) is 1.89. The van der Waals surface area contributed by atoms with E-state index in [1.54, 1.807) is 13.8 Å². The van der Waals surface area contributed by atoms with Crippen LogP contribution in [-0.4, -0.2) is 22.2 Å². The number of aliphatic carboxylic acids is 2. The molecule has 0 rings (SSSR count). The van der Waals surface area contributed by atoms with E-state index in [2.05, 4.69) is 0 Å². The predicted molar refractivity (Wildman–Crippen MR) is 35.9 cm³/mol. The number of hydrogen-bond donors (Lipinski definition) is 2. The first-order chi connectivity index (χ1) is 4.54. The minimum atomic E-state index is -0.745. The molecule has 0 aliphatic heterocycles. The van der Waals surface area contributed by atoms with E-state index in [0.717, 1.165) is 0 Å². The fraction of sp³-hybridized carbons (Fsp3) is 0.667. The Hall–Kier alpha value is -0.541. The molecule has 5 heteroatoms. The van der Waals surface area contributed by atoms with Crippen LogP contribution in [0.3, 0.4) is 0 Å². The van der Waals surface area contributed by atoms with Crippen LogP contribution in [0.2, 0.25) is 0 Å². The van der Waals surface area contributed by atoms with Gasteiger partial charge in [-0.1, -0.05) is 13.8 Å². The van der Waals surface area contributed by atoms with Gasteiger partial charge < -0.3 is 10.2 Å². The van der Waals surface area contributed by atoms with E-state index in [1.165, 1.54) is 0 Å². The Morgan fingerprint density at radius 3 is 1.09 bits per heavy atom. The van der Waals surface area contributed by atoms with Crippen molar-refractivity contribution in [3.8, 4) is 0 Å². The fourth-order valence-corrected chi connectivity index (χ4v) is 0. The summed E-state index contributed by atoms with van der Waals surface area (Å²) in [5.74, 6) is -1.49. The van der Waals surface area contributed by atoms with Crippen LogP contribution in [-0.2, 0) is 26.7 Å². The van der Waals surface area contributed by atoms with Gasteiger partial charge >= 0.3 is 11.9 Å². The Morgan fingerprint density at radius 1 is 1.00 bits per heavy atom. The molecule has 0 aromatic rings. The molecule has 0 aromatic heterocycles. The molecule has 71 valence electrons. The number of carboxylic acids is 2. The SMILES string of the molecule is CCC(=O)O.CCC(=O)O.[Cu]. The maximum atomic E-state index is 9.37. The van der Waals surface area contributed by atoms with Gasteiger partial charge in [0.05, 0.1) is 0 Å². The maximum absolute atomic E-state index is 9.37. The zero-order valence-electron chi connectivity index (χ0n) is 6.43. The summed E-state index contributed by atoms with van der Waals surface area (Å²) in [7, 11) is 0. The van der Waals surface area contributed by atoms with Gasteiger partial charge in [-0.15, -0.1) is 0 Å². The van der Waals surface area contributed by atoms with Gasteiger partial charge in [0.1, 0.15) is 0 Å². The van der Waals surface area contributed by atoms with E-state index in [4.69, 9.17) is 10.2 Å². The molecule has 0 unspecified atom stereocenters. The van der Waals surface area contributed by atoms with Crippen LogP contribution in [0.15, 0.2) is 0 Å². The third-order valence-electron chi connectivity index (χ3n) is 0.605. The second-order valence-electron chi connectivity index (χ2n) is 1.49. The second-order valence-corrected chi connectivity index (χ2v) is 1.49. The molecule has 11 heavy (non-hydrogen) atoms. The molecule has 0 atom stereocenters. The summed E-state index contributed by atoms with van der Waals surface area (Å²) >= 11 is 0. The van der Waals surface area contributed by atoms with Crippen LogP contribution in [0, 0.1) is 0 Å². The summed E-state index contributed by atoms with van der Waals surface area (Å²) in [5, 5.41) is 15.4. The molecule has 0 aromatic carbocycles. The topological polar surface area (TPSA) is 74.6 Å². The molecular weight excluding hydrogens is 200 g/mol. The smallest absolute Gasteiger partial charge is 0.303 e. The summed E-state index contributed by atoms with van der Waals surface area (Å²) in [6, 6.07) is 0. The number of rotatable bonds is 2. The molecule has 1 radical (unpaired) electrons. The molecule has 0 heterocycles. The standard InChI is InChI=1S/2C3H6O2.Cu/c2*1-2-3(4)5;/h2*2H2,1H3,(H,4,5);. The molecule has 0 fully saturated rings. The van der Waals surface area contributed by atoms with Crippen molar-refractivity contribution in [3.05, 3.63) is 0 Å². The Morgan fingerprint density at radius 2 is 1.09 bits per heavy atom. The molecular formula is C6H12CuO4. The number of carboxylic acid groups (broad SMARTS) is 2. The molecule has 2 N–H and O–H groups in total. The van der Waals surface area contributed by atoms with Crippen molar-refractivity contribution in [2.24, 2.45) is 0 Å². The van der Waals surface area contributed by atoms with Crippen LogP contribution in [0.1, 0.15) is 26.7 Å². The van der Waals surface area contributed by atoms with E-state index >= 15 is 0 Å². The van der Waals surface area contributed by atoms with Gasteiger partial charge in [-0.25, -0.2) is 0 Å². The van der Waals surface area contributed by atoms with E-state index in [1.807, 2.05) is 0 Å². The number of carbonyl (C=O) groups is 2. The first-order valence-electron chi connectivity index (χ1n) is 2.98. The van der Waals surface area contributed by atoms with E-state index < -0.39 is 11.9 Å². The van der Waals surface area contributed by atoms with E-state index in [9.17, 15) is 9.59 Å². The Labute approximate surface area is 76.1 Å². The minimum Gasteiger partial charge on any atom is -0.481 e. The summed E-state index contributed by atoms with van der Waals surface area (Å²) in [4.78, 5) is 18.7. The second kappa shape index (κ2) is 12.2. The van der Waals surface area contributed by atoms with Gasteiger partial charge in [-0.05, 0) is 0 Å². The van der Waals surface area contributed by atoms with Crippen molar-refractivity contribution in [1.82, 2.24) is 0 Å². The molecule has 0 saturated carbocycles. The monoisotopic (exact) mass is 211 g/mol. The molecule has 0 saturated heterocycles. The van der Waals surface area contributed by atoms with E-state index in [-0.39, 0.29) is 29.9 Å². The largest absolute Gasteiger partial charge is 0.481 e. The van der Waals surface area contributed by atoms with Crippen LogP contribution < -0.4 is 0 Å². The molecule has 0 amide bonds. The Kier molecular flexibility index (Phi) is 18.6. The Bertz CT molecular complexity index is 99.1. The van der Waals surface area contributed by atoms with Gasteiger partial charge in [-0.3, -0.25) is 9.59 Å². The average molecular weight is 212 g/mol. The van der Waals surface area contributed by atoms with Crippen molar-refractivity contribution < 1.29 is 36.9 Å². The minimum absolute atomic E-state index is 0. The zero-order chi connectivity index (χ0) is 8.57. The quantitative estimate of drug-likeness (QED) is 0.668. The van der Waals surface area contributed by atoms with Crippen molar-refractivity contribution in [2.45, 2.75) is 26.7 Å². The third kappa shape index (κ3) is 44.0. The molecule has 4 nitrogen and oxygen atoms in total. The Balaban J connectivity index is -0.000000107. The van der Waals surface area contributed by atoms with Crippen molar-refractivity contribution >= 4 is 11.9 Å². The molecule has 0 bridgehead atoms. The van der Waals surface area contributed by atoms with Gasteiger partial charge in [-0.2, -0.15) is 0 Å². The normalized spacial score (nSPS) is 6.73. The maximum Gasteiger partial charge on any atom is 0.303 e. The van der Waals surface area contributed by atoms with Crippen LogP contribution in [0.25, 0.3) is 0 Å². The van der Waals surface area contributed by atoms with Gasteiger partial charge in [0.15, 0.2) is 0 Å². The summed E-state index contributed by atoms with van der Waals surface area (Å²) in [6.07, 6.45) is 0.444. The first kappa shape index (κ1) is 16.8. The molecule has 0 aliphatic carbocycles. The third-order valence-corrected chi connectivity index (χ3v) is 0.605. The van der Waals surface area contributed by atoms with Gasteiger partial charge in [0.25, 0.3) is 0 Å². The predicted octanol–water partition coefficient (Wildman–Crippen LogP) is 0.960. The molecule has 0 spiro atoms. The zero-order valence-corrected chi connectivity index (χ0v) is 7.37. The van der Waals surface area contributed by atoms with Gasteiger partial charge in [0.2, 0.25) is 0 Å². The van der Waals surface area contributed by atoms with Crippen molar-refractivity contribution in [1.29, 1.82) is 0 Å². The van der Waals surface area contributed by atoms with E-state index in [0.29, 0.717) is 0 Å². The van der Waals surface area contributed by atoms with Gasteiger partial charge in [0, 0.05) is 29.9 Å². The molecule has 0 aliphatic rings. The number of hydrogen-bond acceptors (Lipinski definition) is 2. The first-order valence-corrected chi connectivity index (χ1v) is 2.98. The summed E-state index contributed by atoms with van der Waals surface area (Å²) in [5.41, 5.74) is 0. The van der Waals surface area contributed by atoms with Crippen LogP contribution >= 0.6 is 0 Å². The van der Waals surface area contributed by atoms with Crippen molar-refractivity contribution in [2.75, 3.05) is 0 Å². The van der Waals surface area contributed by atoms with Crippen LogP contribution in [0.5, 0.6) is 0 Å². The summed E-state index contributed by atoms with van der Waals surface area (Å²) in [6.45, 7) is 3.20. The van der Waals surface area contributed by atoms with Crippen LogP contribution in [0.4, 0.5) is 0 Å². The van der Waals surface area contributed by atoms with Crippen molar-refractivity contribution in [3.63, 3.8) is 0 Å². The fourth-order valence-electron chi connectivity index (χ4n) is 0. The summed E-state index contributed by atoms with van der Waals surface area (Å²) < 4.78 is 0.